The highest BCUT2D eigenvalue weighted by atomic mass is 32.2. The molecule has 1 unspecified atom stereocenters. The van der Waals surface area contributed by atoms with E-state index in [0.717, 1.165) is 58.8 Å². The molecule has 1 atom stereocenters. The van der Waals surface area contributed by atoms with Crippen molar-refractivity contribution in [2.24, 2.45) is 7.05 Å². The van der Waals surface area contributed by atoms with Gasteiger partial charge in [0.2, 0.25) is 0 Å². The van der Waals surface area contributed by atoms with Crippen molar-refractivity contribution in [3.63, 3.8) is 0 Å². The Labute approximate surface area is 194 Å². The summed E-state index contributed by atoms with van der Waals surface area (Å²) in [6, 6.07) is 7.86. The molecule has 32 heavy (non-hydrogen) atoms. The van der Waals surface area contributed by atoms with Crippen molar-refractivity contribution in [2.45, 2.75) is 13.5 Å². The molecular weight excluding hydrogens is 446 g/mol. The van der Waals surface area contributed by atoms with Crippen LogP contribution >= 0.6 is 11.3 Å². The number of piperazine rings is 1. The molecule has 0 amide bonds. The van der Waals surface area contributed by atoms with Gasteiger partial charge in [-0.15, -0.1) is 11.3 Å². The topological polar surface area (TPSA) is 64.0 Å². The van der Waals surface area contributed by atoms with Gasteiger partial charge in [-0.25, -0.2) is 8.51 Å². The monoisotopic (exact) mass is 475 g/mol. The fourth-order valence-corrected chi connectivity index (χ4v) is 6.24. The molecule has 1 saturated heterocycles. The lowest BCUT2D eigenvalue weighted by Crippen LogP contribution is -2.46. The van der Waals surface area contributed by atoms with Gasteiger partial charge in [0.05, 0.1) is 30.6 Å². The number of hydrogen-bond acceptors (Lipinski definition) is 6. The summed E-state index contributed by atoms with van der Waals surface area (Å²) in [5.74, 6) is 2.00. The van der Waals surface area contributed by atoms with Gasteiger partial charge < -0.3 is 14.0 Å². The number of methoxy groups -OCH3 is 2. The molecule has 0 spiro atoms. The van der Waals surface area contributed by atoms with Crippen LogP contribution in [0.1, 0.15) is 11.8 Å². The lowest BCUT2D eigenvalue weighted by Gasteiger charge is -2.33. The van der Waals surface area contributed by atoms with Crippen LogP contribution in [0.5, 0.6) is 11.5 Å². The van der Waals surface area contributed by atoms with Crippen molar-refractivity contribution in [1.82, 2.24) is 13.8 Å². The highest BCUT2D eigenvalue weighted by molar-refractivity contribution is 7.82. The Morgan fingerprint density at radius 1 is 1.06 bits per heavy atom. The van der Waals surface area contributed by atoms with Crippen LogP contribution in [-0.4, -0.2) is 64.1 Å². The van der Waals surface area contributed by atoms with E-state index < -0.39 is 11.0 Å². The molecule has 3 aromatic rings. The average Bonchev–Trinajstić information content (AvgIpc) is 3.24. The summed E-state index contributed by atoms with van der Waals surface area (Å²) in [4.78, 5) is 16.4. The standard InChI is InChI=1S/C23H29N3O4S2/c1-5-32(28)26-10-8-25(9-11-26)14-17-13-18-22(31-17)19(15-24(2)23(18)27)16-6-7-20(29-3)21(12-16)30-4/h6-7,12-13,15H,5,8-11,14H2,1-4H3. The van der Waals surface area contributed by atoms with Gasteiger partial charge in [-0.3, -0.25) is 9.69 Å². The molecule has 7 nitrogen and oxygen atoms in total. The predicted molar refractivity (Wildman–Crippen MR) is 131 cm³/mol. The van der Waals surface area contributed by atoms with E-state index in [4.69, 9.17) is 9.47 Å². The maximum absolute atomic E-state index is 12.9. The molecular formula is C23H29N3O4S2. The molecule has 0 N–H and O–H groups in total. The molecule has 0 saturated carbocycles. The van der Waals surface area contributed by atoms with Gasteiger partial charge in [0, 0.05) is 66.9 Å². The van der Waals surface area contributed by atoms with E-state index in [0.29, 0.717) is 17.3 Å². The summed E-state index contributed by atoms with van der Waals surface area (Å²) >= 11 is 1.67. The first-order valence-electron chi connectivity index (χ1n) is 10.6. The number of aryl methyl sites for hydroxylation is 1. The minimum Gasteiger partial charge on any atom is -0.493 e. The molecule has 1 aliphatic rings. The largest absolute Gasteiger partial charge is 0.493 e. The maximum Gasteiger partial charge on any atom is 0.259 e. The summed E-state index contributed by atoms with van der Waals surface area (Å²) in [7, 11) is 4.15. The van der Waals surface area contributed by atoms with Crippen LogP contribution in [0.2, 0.25) is 0 Å². The SMILES string of the molecule is CCS(=O)N1CCN(Cc2cc3c(=O)n(C)cc(-c4ccc(OC)c(OC)c4)c3s2)CC1. The Morgan fingerprint density at radius 2 is 1.78 bits per heavy atom. The molecule has 2 aromatic heterocycles. The summed E-state index contributed by atoms with van der Waals surface area (Å²) in [6.45, 7) is 6.12. The van der Waals surface area contributed by atoms with Crippen LogP contribution in [0.25, 0.3) is 21.2 Å². The number of fused-ring (bicyclic) bond motifs is 1. The zero-order valence-electron chi connectivity index (χ0n) is 18.9. The van der Waals surface area contributed by atoms with Gasteiger partial charge in [-0.2, -0.15) is 0 Å². The van der Waals surface area contributed by atoms with Crippen molar-refractivity contribution in [2.75, 3.05) is 46.2 Å². The van der Waals surface area contributed by atoms with Gasteiger partial charge in [-0.1, -0.05) is 13.0 Å². The van der Waals surface area contributed by atoms with E-state index in [1.165, 1.54) is 0 Å². The molecule has 0 aliphatic carbocycles. The second kappa shape index (κ2) is 9.74. The Hall–Kier alpha value is -2.20. The molecule has 1 fully saturated rings. The molecule has 3 heterocycles. The Balaban J connectivity index is 1.65. The first-order chi connectivity index (χ1) is 15.4. The van der Waals surface area contributed by atoms with Crippen molar-refractivity contribution < 1.29 is 13.7 Å². The van der Waals surface area contributed by atoms with Gasteiger partial charge in [0.1, 0.15) is 0 Å². The second-order valence-corrected chi connectivity index (χ2v) is 10.7. The molecule has 1 aliphatic heterocycles. The van der Waals surface area contributed by atoms with Crippen molar-refractivity contribution in [1.29, 1.82) is 0 Å². The van der Waals surface area contributed by atoms with E-state index in [1.54, 1.807) is 37.2 Å². The van der Waals surface area contributed by atoms with Crippen LogP contribution in [0.4, 0.5) is 0 Å². The van der Waals surface area contributed by atoms with Crippen molar-refractivity contribution >= 4 is 32.4 Å². The zero-order valence-corrected chi connectivity index (χ0v) is 20.6. The number of aromatic nitrogens is 1. The predicted octanol–water partition coefficient (Wildman–Crippen LogP) is 3.09. The smallest absolute Gasteiger partial charge is 0.259 e. The van der Waals surface area contributed by atoms with Gasteiger partial charge in [0.15, 0.2) is 11.5 Å². The quantitative estimate of drug-likeness (QED) is 0.526. The van der Waals surface area contributed by atoms with Gasteiger partial charge >= 0.3 is 0 Å². The summed E-state index contributed by atoms with van der Waals surface area (Å²) in [6.07, 6.45) is 1.89. The molecule has 172 valence electrons. The number of nitrogens with zero attached hydrogens (tertiary/aromatic N) is 3. The molecule has 9 heteroatoms. The van der Waals surface area contributed by atoms with Gasteiger partial charge in [-0.05, 0) is 23.8 Å². The first kappa shape index (κ1) is 23.0. The Bertz CT molecular complexity index is 1200. The molecule has 0 radical (unpaired) electrons. The normalized spacial score (nSPS) is 16.4. The second-order valence-electron chi connectivity index (χ2n) is 7.80. The minimum atomic E-state index is -0.877. The summed E-state index contributed by atoms with van der Waals surface area (Å²) < 4.78 is 27.6. The minimum absolute atomic E-state index is 0.00916. The van der Waals surface area contributed by atoms with Crippen LogP contribution in [0.15, 0.2) is 35.3 Å². The number of thiophene rings is 1. The maximum atomic E-state index is 12.9. The Morgan fingerprint density at radius 3 is 2.44 bits per heavy atom. The average molecular weight is 476 g/mol. The molecule has 1 aromatic carbocycles. The Kier molecular flexibility index (Phi) is 6.99. The third-order valence-electron chi connectivity index (χ3n) is 5.84. The lowest BCUT2D eigenvalue weighted by molar-refractivity contribution is 0.187. The highest BCUT2D eigenvalue weighted by Gasteiger charge is 2.22. The molecule has 4 rings (SSSR count). The van der Waals surface area contributed by atoms with E-state index in [1.807, 2.05) is 41.7 Å². The van der Waals surface area contributed by atoms with Crippen molar-refractivity contribution in [3.8, 4) is 22.6 Å². The van der Waals surface area contributed by atoms with E-state index in [9.17, 15) is 9.00 Å². The fraction of sp³-hybridized carbons (Fsp3) is 0.435. The van der Waals surface area contributed by atoms with Crippen LogP contribution in [0, 0.1) is 0 Å². The number of ether oxygens (including phenoxy) is 2. The summed E-state index contributed by atoms with van der Waals surface area (Å²) in [5, 5.41) is 0.741. The lowest BCUT2D eigenvalue weighted by atomic mass is 10.1. The number of benzene rings is 1. The van der Waals surface area contributed by atoms with Crippen LogP contribution in [-0.2, 0) is 24.6 Å². The van der Waals surface area contributed by atoms with Crippen LogP contribution < -0.4 is 15.0 Å². The summed E-state index contributed by atoms with van der Waals surface area (Å²) in [5.41, 5.74) is 1.99. The third-order valence-corrected chi connectivity index (χ3v) is 8.43. The van der Waals surface area contributed by atoms with E-state index >= 15 is 0 Å². The van der Waals surface area contributed by atoms with E-state index in [-0.39, 0.29) is 5.56 Å². The van der Waals surface area contributed by atoms with E-state index in [2.05, 4.69) is 4.90 Å². The third kappa shape index (κ3) is 4.47. The highest BCUT2D eigenvalue weighted by Crippen LogP contribution is 2.37. The van der Waals surface area contributed by atoms with Crippen molar-refractivity contribution in [3.05, 3.63) is 45.7 Å². The number of rotatable bonds is 7. The number of pyridine rings is 1. The zero-order chi connectivity index (χ0) is 22.8. The van der Waals surface area contributed by atoms with Crippen LogP contribution in [0.3, 0.4) is 0 Å². The molecule has 0 bridgehead atoms. The fourth-order valence-electron chi connectivity index (χ4n) is 4.08. The number of hydrogen-bond donors (Lipinski definition) is 0. The van der Waals surface area contributed by atoms with Gasteiger partial charge in [0.25, 0.3) is 5.56 Å². The first-order valence-corrected chi connectivity index (χ1v) is 12.7.